The van der Waals surface area contributed by atoms with Gasteiger partial charge in [-0.2, -0.15) is 0 Å². The molecule has 3 heterocycles. The Hall–Kier alpha value is -5.01. The first-order valence-corrected chi connectivity index (χ1v) is 13.9. The summed E-state index contributed by atoms with van der Waals surface area (Å²) in [5, 5.41) is 16.1. The van der Waals surface area contributed by atoms with E-state index in [4.69, 9.17) is 16.6 Å². The highest BCUT2D eigenvalue weighted by molar-refractivity contribution is 7.81. The summed E-state index contributed by atoms with van der Waals surface area (Å²) < 4.78 is 5.25. The van der Waals surface area contributed by atoms with Gasteiger partial charge in [0, 0.05) is 58.4 Å². The molecular formula is C32H28N4O5S. The number of rotatable bonds is 6. The molecule has 0 saturated carbocycles. The molecule has 1 fully saturated rings. The second-order valence-electron chi connectivity index (χ2n) is 9.94. The molecule has 1 atom stereocenters. The van der Waals surface area contributed by atoms with E-state index < -0.39 is 11.8 Å². The second kappa shape index (κ2) is 12.7. The van der Waals surface area contributed by atoms with Gasteiger partial charge in [-0.05, 0) is 56.2 Å². The Balaban J connectivity index is 1.26. The molecule has 0 unspecified atom stereocenters. The zero-order valence-corrected chi connectivity index (χ0v) is 23.7. The molecule has 10 heteroatoms. The largest absolute Gasteiger partial charge is 0.508 e. The van der Waals surface area contributed by atoms with Gasteiger partial charge >= 0.3 is 0 Å². The Morgan fingerprint density at radius 2 is 1.88 bits per heavy atom. The van der Waals surface area contributed by atoms with Crippen LogP contribution in [-0.4, -0.2) is 51.9 Å². The topological polar surface area (TPSA) is 124 Å². The SMILES string of the molecule is Cc1ccoc1C(=O)Nc1cccc(C#C[C@H]2C=NC=C(C(=O)Nc3cccc(O)c3CC(=O)N3CCCC3)C2=S)c1. The van der Waals surface area contributed by atoms with Gasteiger partial charge in [-0.15, -0.1) is 0 Å². The van der Waals surface area contributed by atoms with E-state index in [0.717, 1.165) is 18.4 Å². The summed E-state index contributed by atoms with van der Waals surface area (Å²) in [6, 6.07) is 13.5. The second-order valence-corrected chi connectivity index (χ2v) is 10.4. The number of furan rings is 1. The van der Waals surface area contributed by atoms with E-state index in [2.05, 4.69) is 27.5 Å². The number of hydrogen-bond donors (Lipinski definition) is 3. The Morgan fingerprint density at radius 1 is 1.10 bits per heavy atom. The number of phenolic OH excluding ortho intramolecular Hbond substituents is 1. The summed E-state index contributed by atoms with van der Waals surface area (Å²) in [6.07, 6.45) is 6.29. The molecule has 0 bridgehead atoms. The van der Waals surface area contributed by atoms with Crippen molar-refractivity contribution in [2.24, 2.45) is 10.9 Å². The molecule has 3 aromatic rings. The maximum atomic E-state index is 13.3. The van der Waals surface area contributed by atoms with Crippen molar-refractivity contribution in [2.75, 3.05) is 23.7 Å². The molecule has 0 spiro atoms. The molecule has 3 N–H and O–H groups in total. The van der Waals surface area contributed by atoms with Crippen LogP contribution in [0.1, 0.15) is 40.1 Å². The van der Waals surface area contributed by atoms with Crippen LogP contribution >= 0.6 is 12.2 Å². The number of thiocarbonyl (C=S) groups is 1. The third-order valence-electron chi connectivity index (χ3n) is 6.98. The Kier molecular flexibility index (Phi) is 8.60. The number of amides is 3. The number of nitrogens with one attached hydrogen (secondary N) is 2. The molecule has 2 aliphatic heterocycles. The lowest BCUT2D eigenvalue weighted by atomic mass is 9.97. The molecule has 2 aliphatic rings. The molecular weight excluding hydrogens is 552 g/mol. The lowest BCUT2D eigenvalue weighted by molar-refractivity contribution is -0.129. The van der Waals surface area contributed by atoms with Crippen LogP contribution in [0.4, 0.5) is 11.4 Å². The number of nitrogens with zero attached hydrogens (tertiary/aromatic N) is 2. The first kappa shape index (κ1) is 28.5. The number of hydrogen-bond acceptors (Lipinski definition) is 7. The van der Waals surface area contributed by atoms with Gasteiger partial charge in [0.05, 0.1) is 24.2 Å². The summed E-state index contributed by atoms with van der Waals surface area (Å²) in [4.78, 5) is 44.7. The summed E-state index contributed by atoms with van der Waals surface area (Å²) >= 11 is 5.60. The zero-order valence-electron chi connectivity index (χ0n) is 22.8. The maximum Gasteiger partial charge on any atom is 0.291 e. The first-order chi connectivity index (χ1) is 20.3. The molecule has 42 heavy (non-hydrogen) atoms. The van der Waals surface area contributed by atoms with Crippen molar-refractivity contribution >= 4 is 52.4 Å². The monoisotopic (exact) mass is 580 g/mol. The Bertz CT molecular complexity index is 1690. The number of carbonyl (C=O) groups excluding carboxylic acids is 3. The van der Waals surface area contributed by atoms with Crippen LogP contribution in [0.15, 0.2) is 76.0 Å². The number of benzene rings is 2. The van der Waals surface area contributed by atoms with Crippen LogP contribution in [0.2, 0.25) is 0 Å². The van der Waals surface area contributed by atoms with Crippen LogP contribution in [0, 0.1) is 24.7 Å². The van der Waals surface area contributed by atoms with Gasteiger partial charge in [0.1, 0.15) is 5.75 Å². The zero-order chi connectivity index (χ0) is 29.6. The van der Waals surface area contributed by atoms with Crippen LogP contribution in [0.25, 0.3) is 0 Å². The Labute approximate surface area is 248 Å². The van der Waals surface area contributed by atoms with E-state index in [-0.39, 0.29) is 35.3 Å². The van der Waals surface area contributed by atoms with Gasteiger partial charge in [0.25, 0.3) is 11.8 Å². The fraction of sp³-hybridized carbons (Fsp3) is 0.219. The van der Waals surface area contributed by atoms with E-state index in [1.54, 1.807) is 60.5 Å². The number of phenols is 1. The molecule has 5 rings (SSSR count). The van der Waals surface area contributed by atoms with E-state index in [0.29, 0.717) is 40.5 Å². The lowest BCUT2D eigenvalue weighted by Crippen LogP contribution is -2.30. The van der Waals surface area contributed by atoms with Gasteiger partial charge in [-0.3, -0.25) is 19.4 Å². The van der Waals surface area contributed by atoms with Gasteiger partial charge < -0.3 is 25.1 Å². The molecule has 9 nitrogen and oxygen atoms in total. The number of aromatic hydroxyl groups is 1. The minimum absolute atomic E-state index is 0.0291. The van der Waals surface area contributed by atoms with Crippen molar-refractivity contribution < 1.29 is 23.9 Å². The smallest absolute Gasteiger partial charge is 0.291 e. The molecule has 1 saturated heterocycles. The average molecular weight is 581 g/mol. The van der Waals surface area contributed by atoms with Crippen molar-refractivity contribution in [1.29, 1.82) is 0 Å². The highest BCUT2D eigenvalue weighted by atomic mass is 32.1. The highest BCUT2D eigenvalue weighted by Gasteiger charge is 2.26. The molecule has 2 aromatic carbocycles. The number of likely N-dealkylation sites (tertiary alicyclic amines) is 1. The number of aryl methyl sites for hydroxylation is 1. The van der Waals surface area contributed by atoms with E-state index in [1.165, 1.54) is 18.5 Å². The number of anilines is 2. The maximum absolute atomic E-state index is 13.3. The lowest BCUT2D eigenvalue weighted by Gasteiger charge is -2.19. The van der Waals surface area contributed by atoms with Gasteiger partial charge in [0.15, 0.2) is 5.76 Å². The fourth-order valence-electron chi connectivity index (χ4n) is 4.70. The van der Waals surface area contributed by atoms with Crippen molar-refractivity contribution in [1.82, 2.24) is 4.90 Å². The quantitative estimate of drug-likeness (QED) is 0.288. The van der Waals surface area contributed by atoms with Gasteiger partial charge in [-0.1, -0.05) is 36.2 Å². The first-order valence-electron chi connectivity index (χ1n) is 13.4. The number of aliphatic imine (C=N–C) groups is 1. The average Bonchev–Trinajstić information content (AvgIpc) is 3.67. The number of carbonyl (C=O) groups is 3. The van der Waals surface area contributed by atoms with Crippen molar-refractivity contribution in [3.8, 4) is 17.6 Å². The molecule has 0 radical (unpaired) electrons. The summed E-state index contributed by atoms with van der Waals surface area (Å²) in [6.45, 7) is 3.18. The third kappa shape index (κ3) is 6.48. The normalized spacial score (nSPS) is 15.9. The summed E-state index contributed by atoms with van der Waals surface area (Å²) in [7, 11) is 0. The Morgan fingerprint density at radius 3 is 2.64 bits per heavy atom. The van der Waals surface area contributed by atoms with Crippen LogP contribution in [0.5, 0.6) is 5.75 Å². The third-order valence-corrected chi connectivity index (χ3v) is 7.45. The van der Waals surface area contributed by atoms with Crippen molar-refractivity contribution in [3.63, 3.8) is 0 Å². The summed E-state index contributed by atoms with van der Waals surface area (Å²) in [5.41, 5.74) is 2.76. The van der Waals surface area contributed by atoms with Gasteiger partial charge in [0.2, 0.25) is 5.91 Å². The predicted octanol–water partition coefficient (Wildman–Crippen LogP) is 4.66. The van der Waals surface area contributed by atoms with E-state index in [1.807, 2.05) is 0 Å². The minimum Gasteiger partial charge on any atom is -0.508 e. The molecule has 1 aromatic heterocycles. The fourth-order valence-corrected chi connectivity index (χ4v) is 4.97. The minimum atomic E-state index is -0.602. The molecule has 212 valence electrons. The molecule has 0 aliphatic carbocycles. The van der Waals surface area contributed by atoms with Crippen LogP contribution < -0.4 is 10.6 Å². The van der Waals surface area contributed by atoms with Crippen molar-refractivity contribution in [3.05, 3.63) is 89.0 Å². The van der Waals surface area contributed by atoms with Gasteiger partial charge in [-0.25, -0.2) is 0 Å². The predicted molar refractivity (Wildman–Crippen MR) is 164 cm³/mol. The van der Waals surface area contributed by atoms with E-state index in [9.17, 15) is 19.5 Å². The highest BCUT2D eigenvalue weighted by Crippen LogP contribution is 2.28. The van der Waals surface area contributed by atoms with Crippen LogP contribution in [-0.2, 0) is 16.0 Å². The molecule has 3 amide bonds. The van der Waals surface area contributed by atoms with Crippen LogP contribution in [0.3, 0.4) is 0 Å². The van der Waals surface area contributed by atoms with Crippen molar-refractivity contribution in [2.45, 2.75) is 26.2 Å². The summed E-state index contributed by atoms with van der Waals surface area (Å²) in [5.74, 6) is 4.68. The van der Waals surface area contributed by atoms with E-state index >= 15 is 0 Å². The standard InChI is InChI=1S/C32H28N4O5S/c1-20-12-15-41-29(20)32(40)34-23-7-4-6-21(16-23)10-11-22-18-33-19-25(30(22)42)31(39)35-26-8-5-9-27(37)24(26)17-28(38)36-13-2-3-14-36/h4-9,12,15-16,18-19,22,37H,2-3,13-14,17H2,1H3,(H,34,40)(H,35,39)/t22-/m0/s1.